The van der Waals surface area contributed by atoms with E-state index in [1.807, 2.05) is 6.92 Å². The molecule has 0 rings (SSSR count). The van der Waals surface area contributed by atoms with Crippen LogP contribution in [0.2, 0.25) is 0 Å². The molecular formula is C7H14O3S. The standard InChI is InChI=1S/C7H14O3S/c1-3-4-5-6-7(2)11(8,9)10/h2-6H2,1H3,(H,8,9,10). The fourth-order valence-corrected chi connectivity index (χ4v) is 1.10. The van der Waals surface area contributed by atoms with Gasteiger partial charge in [0.1, 0.15) is 0 Å². The van der Waals surface area contributed by atoms with Crippen LogP contribution < -0.4 is 0 Å². The number of unbranched alkanes of at least 4 members (excludes halogenated alkanes) is 2. The van der Waals surface area contributed by atoms with E-state index in [0.29, 0.717) is 6.42 Å². The SMILES string of the molecule is C=C(CCCCC)S(=O)(=O)O. The molecule has 3 nitrogen and oxygen atoms in total. The second-order valence-corrected chi connectivity index (χ2v) is 4.00. The van der Waals surface area contributed by atoms with Crippen molar-refractivity contribution in [1.29, 1.82) is 0 Å². The monoisotopic (exact) mass is 178 g/mol. The zero-order valence-corrected chi connectivity index (χ0v) is 7.52. The van der Waals surface area contributed by atoms with Crippen molar-refractivity contribution in [2.45, 2.75) is 32.6 Å². The van der Waals surface area contributed by atoms with Gasteiger partial charge in [-0.3, -0.25) is 4.55 Å². The first kappa shape index (κ1) is 10.7. The van der Waals surface area contributed by atoms with Crippen LogP contribution in [0.3, 0.4) is 0 Å². The first-order valence-corrected chi connectivity index (χ1v) is 5.07. The molecule has 0 aliphatic carbocycles. The van der Waals surface area contributed by atoms with E-state index < -0.39 is 10.1 Å². The summed E-state index contributed by atoms with van der Waals surface area (Å²) in [5.74, 6) is 0. The third-order valence-electron chi connectivity index (χ3n) is 1.42. The average molecular weight is 178 g/mol. The first-order chi connectivity index (χ1) is 4.98. The van der Waals surface area contributed by atoms with Gasteiger partial charge < -0.3 is 0 Å². The second-order valence-electron chi connectivity index (χ2n) is 2.47. The molecule has 0 heterocycles. The van der Waals surface area contributed by atoms with Crippen LogP contribution in [-0.4, -0.2) is 13.0 Å². The molecule has 0 aromatic heterocycles. The Bertz CT molecular complexity index is 216. The van der Waals surface area contributed by atoms with Crippen molar-refractivity contribution in [2.75, 3.05) is 0 Å². The molecule has 0 radical (unpaired) electrons. The molecule has 0 aromatic rings. The highest BCUT2D eigenvalue weighted by molar-refractivity contribution is 7.89. The molecule has 0 atom stereocenters. The smallest absolute Gasteiger partial charge is 0.282 e. The van der Waals surface area contributed by atoms with E-state index in [1.54, 1.807) is 0 Å². The Morgan fingerprint density at radius 3 is 2.36 bits per heavy atom. The first-order valence-electron chi connectivity index (χ1n) is 3.63. The molecule has 0 saturated carbocycles. The molecule has 66 valence electrons. The highest BCUT2D eigenvalue weighted by atomic mass is 32.2. The van der Waals surface area contributed by atoms with E-state index in [2.05, 4.69) is 6.58 Å². The van der Waals surface area contributed by atoms with E-state index in [0.717, 1.165) is 19.3 Å². The van der Waals surface area contributed by atoms with Gasteiger partial charge >= 0.3 is 0 Å². The van der Waals surface area contributed by atoms with Crippen molar-refractivity contribution >= 4 is 10.1 Å². The van der Waals surface area contributed by atoms with Crippen molar-refractivity contribution in [2.24, 2.45) is 0 Å². The minimum atomic E-state index is -3.98. The lowest BCUT2D eigenvalue weighted by Gasteiger charge is -1.99. The Morgan fingerprint density at radius 1 is 1.45 bits per heavy atom. The lowest BCUT2D eigenvalue weighted by molar-refractivity contribution is 0.488. The molecule has 1 N–H and O–H groups in total. The zero-order chi connectivity index (χ0) is 8.91. The Hall–Kier alpha value is -0.350. The molecule has 11 heavy (non-hydrogen) atoms. The molecular weight excluding hydrogens is 164 g/mol. The molecule has 0 aromatic carbocycles. The van der Waals surface area contributed by atoms with Gasteiger partial charge in [0.2, 0.25) is 0 Å². The van der Waals surface area contributed by atoms with Crippen molar-refractivity contribution < 1.29 is 13.0 Å². The summed E-state index contributed by atoms with van der Waals surface area (Å²) in [6.45, 7) is 5.28. The van der Waals surface area contributed by atoms with Gasteiger partial charge in [-0.25, -0.2) is 0 Å². The minimum Gasteiger partial charge on any atom is -0.282 e. The second kappa shape index (κ2) is 4.51. The maximum Gasteiger partial charge on any atom is 0.290 e. The van der Waals surface area contributed by atoms with Gasteiger partial charge in [0.05, 0.1) is 4.91 Å². The number of hydrogen-bond donors (Lipinski definition) is 1. The van der Waals surface area contributed by atoms with Crippen LogP contribution in [0.15, 0.2) is 11.5 Å². The van der Waals surface area contributed by atoms with Gasteiger partial charge in [-0.05, 0) is 12.8 Å². The molecule has 0 aliphatic rings. The van der Waals surface area contributed by atoms with Crippen molar-refractivity contribution in [3.8, 4) is 0 Å². The van der Waals surface area contributed by atoms with Crippen LogP contribution in [0.1, 0.15) is 32.6 Å². The maximum atomic E-state index is 10.4. The predicted octanol–water partition coefficient (Wildman–Crippen LogP) is 1.97. The Balaban J connectivity index is 3.72. The van der Waals surface area contributed by atoms with Gasteiger partial charge in [0.25, 0.3) is 10.1 Å². The van der Waals surface area contributed by atoms with Crippen LogP contribution in [0.25, 0.3) is 0 Å². The van der Waals surface area contributed by atoms with E-state index in [4.69, 9.17) is 4.55 Å². The summed E-state index contributed by atoms with van der Waals surface area (Å²) in [6.07, 6.45) is 3.13. The Kier molecular flexibility index (Phi) is 4.37. The lowest BCUT2D eigenvalue weighted by atomic mass is 10.2. The number of rotatable bonds is 5. The van der Waals surface area contributed by atoms with Crippen LogP contribution in [0, 0.1) is 0 Å². The molecule has 0 amide bonds. The van der Waals surface area contributed by atoms with E-state index in [-0.39, 0.29) is 4.91 Å². The van der Waals surface area contributed by atoms with E-state index >= 15 is 0 Å². The quantitative estimate of drug-likeness (QED) is 0.517. The third kappa shape index (κ3) is 4.98. The van der Waals surface area contributed by atoms with Gasteiger partial charge in [0.15, 0.2) is 0 Å². The van der Waals surface area contributed by atoms with Crippen LogP contribution in [0.5, 0.6) is 0 Å². The van der Waals surface area contributed by atoms with Crippen LogP contribution >= 0.6 is 0 Å². The fraction of sp³-hybridized carbons (Fsp3) is 0.714. The summed E-state index contributed by atoms with van der Waals surface area (Å²) in [4.78, 5) is -0.0778. The van der Waals surface area contributed by atoms with Crippen molar-refractivity contribution in [3.63, 3.8) is 0 Å². The summed E-state index contributed by atoms with van der Waals surface area (Å²) in [5.41, 5.74) is 0. The summed E-state index contributed by atoms with van der Waals surface area (Å²) in [7, 11) is -3.98. The maximum absolute atomic E-state index is 10.4. The van der Waals surface area contributed by atoms with E-state index in [1.165, 1.54) is 0 Å². The van der Waals surface area contributed by atoms with Gasteiger partial charge in [-0.1, -0.05) is 26.3 Å². The van der Waals surface area contributed by atoms with E-state index in [9.17, 15) is 8.42 Å². The number of hydrogen-bond acceptors (Lipinski definition) is 2. The fourth-order valence-electron chi connectivity index (χ4n) is 0.701. The molecule has 0 fully saturated rings. The molecule has 0 aliphatic heterocycles. The van der Waals surface area contributed by atoms with Gasteiger partial charge in [-0.15, -0.1) is 0 Å². The van der Waals surface area contributed by atoms with Crippen molar-refractivity contribution in [1.82, 2.24) is 0 Å². The Morgan fingerprint density at radius 2 is 2.00 bits per heavy atom. The molecule has 0 unspecified atom stereocenters. The van der Waals surface area contributed by atoms with Crippen molar-refractivity contribution in [3.05, 3.63) is 11.5 Å². The predicted molar refractivity (Wildman–Crippen MR) is 44.8 cm³/mol. The summed E-state index contributed by atoms with van der Waals surface area (Å²) in [5, 5.41) is 0. The minimum absolute atomic E-state index is 0.0778. The number of allylic oxidation sites excluding steroid dienone is 1. The van der Waals surface area contributed by atoms with Gasteiger partial charge in [-0.2, -0.15) is 8.42 Å². The molecule has 0 saturated heterocycles. The highest BCUT2D eigenvalue weighted by Crippen LogP contribution is 2.11. The topological polar surface area (TPSA) is 54.4 Å². The normalized spacial score (nSPS) is 11.5. The molecule has 4 heteroatoms. The van der Waals surface area contributed by atoms with Crippen LogP contribution in [-0.2, 0) is 10.1 Å². The average Bonchev–Trinajstić information content (AvgIpc) is 1.86. The third-order valence-corrected chi connectivity index (χ3v) is 2.36. The molecule has 0 bridgehead atoms. The Labute approximate surface area is 67.9 Å². The molecule has 0 spiro atoms. The highest BCUT2D eigenvalue weighted by Gasteiger charge is 2.08. The largest absolute Gasteiger partial charge is 0.290 e. The lowest BCUT2D eigenvalue weighted by Crippen LogP contribution is -2.00. The van der Waals surface area contributed by atoms with Gasteiger partial charge in [0, 0.05) is 0 Å². The van der Waals surface area contributed by atoms with Crippen LogP contribution in [0.4, 0.5) is 0 Å². The summed E-state index contributed by atoms with van der Waals surface area (Å²) < 4.78 is 29.2. The summed E-state index contributed by atoms with van der Waals surface area (Å²) in [6, 6.07) is 0. The zero-order valence-electron chi connectivity index (χ0n) is 6.71. The summed E-state index contributed by atoms with van der Waals surface area (Å²) >= 11 is 0.